The van der Waals surface area contributed by atoms with E-state index >= 15 is 0 Å². The molecule has 2 aromatic rings. The van der Waals surface area contributed by atoms with Crippen molar-refractivity contribution in [3.05, 3.63) is 56.5 Å². The normalized spacial score (nSPS) is 10.5. The zero-order valence-electron chi connectivity index (χ0n) is 11.6. The summed E-state index contributed by atoms with van der Waals surface area (Å²) < 4.78 is 1.45. The molecule has 2 heterocycles. The molecule has 0 atom stereocenters. The molecule has 0 saturated carbocycles. The summed E-state index contributed by atoms with van der Waals surface area (Å²) in [5, 5.41) is 3.20. The van der Waals surface area contributed by atoms with Gasteiger partial charge in [0.2, 0.25) is 0 Å². The number of rotatable bonds is 5. The Hall–Kier alpha value is -2.37. The standard InChI is InChI=1S/C14H18N4O2/c1-3-7-15-12-6-4-5-11(16-12)9-18-8-10(2)13(19)17-14(18)20/h4-6,8H,3,7,9H2,1-2H3,(H,15,16)(H,17,19,20). The number of aryl methyl sites for hydroxylation is 1. The molecule has 0 radical (unpaired) electrons. The molecule has 2 aromatic heterocycles. The van der Waals surface area contributed by atoms with E-state index in [1.807, 2.05) is 18.2 Å². The van der Waals surface area contributed by atoms with E-state index in [1.165, 1.54) is 4.57 Å². The Morgan fingerprint density at radius 1 is 1.35 bits per heavy atom. The Morgan fingerprint density at radius 2 is 2.15 bits per heavy atom. The maximum Gasteiger partial charge on any atom is 0.328 e. The van der Waals surface area contributed by atoms with Gasteiger partial charge in [-0.05, 0) is 25.5 Å². The van der Waals surface area contributed by atoms with Crippen molar-refractivity contribution in [1.29, 1.82) is 0 Å². The van der Waals surface area contributed by atoms with Crippen LogP contribution in [-0.4, -0.2) is 21.1 Å². The highest BCUT2D eigenvalue weighted by molar-refractivity contribution is 5.35. The van der Waals surface area contributed by atoms with Gasteiger partial charge in [0.1, 0.15) is 5.82 Å². The fraction of sp³-hybridized carbons (Fsp3) is 0.357. The lowest BCUT2D eigenvalue weighted by atomic mass is 10.3. The van der Waals surface area contributed by atoms with E-state index in [0.717, 1.165) is 24.5 Å². The number of nitrogens with zero attached hydrogens (tertiary/aromatic N) is 2. The van der Waals surface area contributed by atoms with Gasteiger partial charge >= 0.3 is 5.69 Å². The second kappa shape index (κ2) is 6.18. The minimum absolute atomic E-state index is 0.331. The van der Waals surface area contributed by atoms with Crippen molar-refractivity contribution in [2.24, 2.45) is 0 Å². The third kappa shape index (κ3) is 3.34. The van der Waals surface area contributed by atoms with Crippen LogP contribution in [0.5, 0.6) is 0 Å². The molecule has 2 rings (SSSR count). The summed E-state index contributed by atoms with van der Waals surface area (Å²) in [5.41, 5.74) is 0.497. The van der Waals surface area contributed by atoms with Gasteiger partial charge in [-0.2, -0.15) is 0 Å². The monoisotopic (exact) mass is 274 g/mol. The highest BCUT2D eigenvalue weighted by atomic mass is 16.2. The van der Waals surface area contributed by atoms with Crippen molar-refractivity contribution < 1.29 is 0 Å². The van der Waals surface area contributed by atoms with E-state index in [-0.39, 0.29) is 5.56 Å². The van der Waals surface area contributed by atoms with Crippen LogP contribution in [0.3, 0.4) is 0 Å². The molecule has 0 fully saturated rings. The molecule has 0 saturated heterocycles. The summed E-state index contributed by atoms with van der Waals surface area (Å²) in [5.74, 6) is 0.790. The van der Waals surface area contributed by atoms with Crippen LogP contribution < -0.4 is 16.6 Å². The number of hydrogen-bond donors (Lipinski definition) is 2. The fourth-order valence-corrected chi connectivity index (χ4v) is 1.83. The van der Waals surface area contributed by atoms with Crippen LogP contribution in [0.2, 0.25) is 0 Å². The zero-order chi connectivity index (χ0) is 14.5. The van der Waals surface area contributed by atoms with Gasteiger partial charge in [-0.25, -0.2) is 9.78 Å². The van der Waals surface area contributed by atoms with Gasteiger partial charge in [0.15, 0.2) is 0 Å². The fourth-order valence-electron chi connectivity index (χ4n) is 1.83. The molecule has 0 amide bonds. The number of aromatic nitrogens is 3. The Bertz CT molecular complexity index is 703. The highest BCUT2D eigenvalue weighted by Gasteiger charge is 2.03. The summed E-state index contributed by atoms with van der Waals surface area (Å²) in [6.45, 7) is 4.94. The van der Waals surface area contributed by atoms with E-state index in [9.17, 15) is 9.59 Å². The first-order valence-corrected chi connectivity index (χ1v) is 6.60. The quantitative estimate of drug-likeness (QED) is 0.856. The minimum atomic E-state index is -0.422. The topological polar surface area (TPSA) is 79.8 Å². The lowest BCUT2D eigenvalue weighted by Crippen LogP contribution is -2.31. The zero-order valence-corrected chi connectivity index (χ0v) is 11.6. The van der Waals surface area contributed by atoms with Crippen molar-refractivity contribution in [1.82, 2.24) is 14.5 Å². The van der Waals surface area contributed by atoms with Crippen molar-refractivity contribution >= 4 is 5.82 Å². The van der Waals surface area contributed by atoms with Crippen molar-refractivity contribution in [3.63, 3.8) is 0 Å². The van der Waals surface area contributed by atoms with Gasteiger partial charge in [0.05, 0.1) is 12.2 Å². The van der Waals surface area contributed by atoms with E-state index in [4.69, 9.17) is 0 Å². The second-order valence-corrected chi connectivity index (χ2v) is 4.64. The molecule has 0 unspecified atom stereocenters. The third-order valence-corrected chi connectivity index (χ3v) is 2.88. The van der Waals surface area contributed by atoms with Gasteiger partial charge < -0.3 is 5.32 Å². The molecule has 20 heavy (non-hydrogen) atoms. The maximum absolute atomic E-state index is 11.7. The molecule has 0 aliphatic rings. The smallest absolute Gasteiger partial charge is 0.328 e. The van der Waals surface area contributed by atoms with Crippen molar-refractivity contribution in [2.75, 3.05) is 11.9 Å². The first-order chi connectivity index (χ1) is 9.60. The van der Waals surface area contributed by atoms with E-state index in [0.29, 0.717) is 12.1 Å². The highest BCUT2D eigenvalue weighted by Crippen LogP contribution is 2.05. The van der Waals surface area contributed by atoms with Gasteiger partial charge in [0, 0.05) is 18.3 Å². The van der Waals surface area contributed by atoms with Crippen molar-refractivity contribution in [3.8, 4) is 0 Å². The number of aromatic amines is 1. The summed E-state index contributed by atoms with van der Waals surface area (Å²) in [6.07, 6.45) is 2.57. The van der Waals surface area contributed by atoms with Crippen LogP contribution in [0, 0.1) is 6.92 Å². The van der Waals surface area contributed by atoms with Crippen LogP contribution in [0.4, 0.5) is 5.82 Å². The molecule has 0 aliphatic heterocycles. The molecule has 2 N–H and O–H groups in total. The predicted molar refractivity (Wildman–Crippen MR) is 78.2 cm³/mol. The molecule has 0 aromatic carbocycles. The third-order valence-electron chi connectivity index (χ3n) is 2.88. The lowest BCUT2D eigenvalue weighted by molar-refractivity contribution is 0.699. The van der Waals surface area contributed by atoms with Crippen LogP contribution in [-0.2, 0) is 6.54 Å². The van der Waals surface area contributed by atoms with E-state index in [1.54, 1.807) is 13.1 Å². The second-order valence-electron chi connectivity index (χ2n) is 4.64. The average Bonchev–Trinajstić information content (AvgIpc) is 2.43. The van der Waals surface area contributed by atoms with Gasteiger partial charge in [-0.3, -0.25) is 14.3 Å². The molecule has 6 nitrogen and oxygen atoms in total. The average molecular weight is 274 g/mol. The van der Waals surface area contributed by atoms with Gasteiger partial charge in [0.25, 0.3) is 5.56 Å². The maximum atomic E-state index is 11.7. The summed E-state index contributed by atoms with van der Waals surface area (Å²) in [6, 6.07) is 5.63. The van der Waals surface area contributed by atoms with Crippen LogP contribution in [0.1, 0.15) is 24.6 Å². The molecule has 0 bridgehead atoms. The molecular weight excluding hydrogens is 256 g/mol. The number of H-pyrrole nitrogens is 1. The Morgan fingerprint density at radius 3 is 2.90 bits per heavy atom. The SMILES string of the molecule is CCCNc1cccc(Cn2cc(C)c(=O)[nH]c2=O)n1. The van der Waals surface area contributed by atoms with Gasteiger partial charge in [-0.1, -0.05) is 13.0 Å². The summed E-state index contributed by atoms with van der Waals surface area (Å²) >= 11 is 0. The lowest BCUT2D eigenvalue weighted by Gasteiger charge is -2.08. The molecule has 6 heteroatoms. The predicted octanol–water partition coefficient (Wildman–Crippen LogP) is 1.11. The first kappa shape index (κ1) is 14.0. The Balaban J connectivity index is 2.24. The number of hydrogen-bond acceptors (Lipinski definition) is 4. The molecule has 0 spiro atoms. The van der Waals surface area contributed by atoms with Gasteiger partial charge in [-0.15, -0.1) is 0 Å². The minimum Gasteiger partial charge on any atom is -0.370 e. The summed E-state index contributed by atoms with van der Waals surface area (Å²) in [7, 11) is 0. The largest absolute Gasteiger partial charge is 0.370 e. The van der Waals surface area contributed by atoms with Crippen LogP contribution >= 0.6 is 0 Å². The number of anilines is 1. The first-order valence-electron chi connectivity index (χ1n) is 6.60. The number of nitrogens with one attached hydrogen (secondary N) is 2. The molecule has 0 aliphatic carbocycles. The van der Waals surface area contributed by atoms with E-state index < -0.39 is 5.69 Å². The van der Waals surface area contributed by atoms with Crippen LogP contribution in [0.15, 0.2) is 34.0 Å². The number of pyridine rings is 1. The Labute approximate surface area is 116 Å². The van der Waals surface area contributed by atoms with E-state index in [2.05, 4.69) is 22.2 Å². The molecule has 106 valence electrons. The van der Waals surface area contributed by atoms with Crippen LogP contribution in [0.25, 0.3) is 0 Å². The summed E-state index contributed by atoms with van der Waals surface area (Å²) in [4.78, 5) is 29.8. The van der Waals surface area contributed by atoms with Crippen molar-refractivity contribution in [2.45, 2.75) is 26.8 Å². The molecular formula is C14H18N4O2. The Kier molecular flexibility index (Phi) is 4.34.